The standard InChI is InChI=1S/C17H17FN2O2/c18-13-8-7-12(11-15(13)21)17(22)14-5-4-6-16(19-14)20-9-2-1-3-10-20/h4-8,11,21H,1-3,9-10H2. The van der Waals surface area contributed by atoms with Crippen molar-refractivity contribution in [3.8, 4) is 5.75 Å². The van der Waals surface area contributed by atoms with Crippen LogP contribution in [0.2, 0.25) is 0 Å². The minimum absolute atomic E-state index is 0.224. The number of phenols is 1. The summed E-state index contributed by atoms with van der Waals surface area (Å²) in [5.74, 6) is -0.810. The summed E-state index contributed by atoms with van der Waals surface area (Å²) in [5.41, 5.74) is 0.524. The minimum Gasteiger partial charge on any atom is -0.505 e. The van der Waals surface area contributed by atoms with Crippen molar-refractivity contribution >= 4 is 11.6 Å². The van der Waals surface area contributed by atoms with Crippen LogP contribution in [0.5, 0.6) is 5.75 Å². The molecule has 1 N–H and O–H groups in total. The Hall–Kier alpha value is -2.43. The smallest absolute Gasteiger partial charge is 0.211 e. The van der Waals surface area contributed by atoms with Crippen LogP contribution in [0.4, 0.5) is 10.2 Å². The molecule has 1 aliphatic rings. The van der Waals surface area contributed by atoms with E-state index in [1.807, 2.05) is 6.07 Å². The molecule has 0 bridgehead atoms. The van der Waals surface area contributed by atoms with Gasteiger partial charge in [-0.15, -0.1) is 0 Å². The molecule has 0 aliphatic carbocycles. The zero-order valence-corrected chi connectivity index (χ0v) is 12.1. The molecule has 5 heteroatoms. The molecule has 4 nitrogen and oxygen atoms in total. The first-order chi connectivity index (χ1) is 10.6. The van der Waals surface area contributed by atoms with Gasteiger partial charge in [0.1, 0.15) is 11.5 Å². The van der Waals surface area contributed by atoms with Crippen molar-refractivity contribution in [2.75, 3.05) is 18.0 Å². The number of carbonyl (C=O) groups excluding carboxylic acids is 1. The Balaban J connectivity index is 1.87. The highest BCUT2D eigenvalue weighted by molar-refractivity contribution is 6.08. The highest BCUT2D eigenvalue weighted by atomic mass is 19.1. The molecule has 1 aromatic carbocycles. The normalized spacial score (nSPS) is 14.9. The van der Waals surface area contributed by atoms with E-state index in [4.69, 9.17) is 0 Å². The van der Waals surface area contributed by atoms with Crippen LogP contribution < -0.4 is 4.90 Å². The van der Waals surface area contributed by atoms with Gasteiger partial charge in [0.05, 0.1) is 0 Å². The van der Waals surface area contributed by atoms with Crippen LogP contribution in [0, 0.1) is 5.82 Å². The second-order valence-electron chi connectivity index (χ2n) is 5.42. The van der Waals surface area contributed by atoms with Gasteiger partial charge < -0.3 is 10.0 Å². The Labute approximate surface area is 128 Å². The van der Waals surface area contributed by atoms with Crippen LogP contribution in [0.15, 0.2) is 36.4 Å². The number of hydrogen-bond donors (Lipinski definition) is 1. The van der Waals surface area contributed by atoms with Gasteiger partial charge in [-0.1, -0.05) is 6.07 Å². The van der Waals surface area contributed by atoms with E-state index >= 15 is 0 Å². The Morgan fingerprint density at radius 3 is 2.64 bits per heavy atom. The van der Waals surface area contributed by atoms with Gasteiger partial charge in [0.2, 0.25) is 5.78 Å². The quantitative estimate of drug-likeness (QED) is 0.885. The monoisotopic (exact) mass is 300 g/mol. The van der Waals surface area contributed by atoms with E-state index in [0.29, 0.717) is 5.69 Å². The maximum Gasteiger partial charge on any atom is 0.211 e. The van der Waals surface area contributed by atoms with Gasteiger partial charge in [-0.3, -0.25) is 4.79 Å². The summed E-state index contributed by atoms with van der Waals surface area (Å²) in [5, 5.41) is 9.40. The maximum atomic E-state index is 13.1. The van der Waals surface area contributed by atoms with E-state index in [2.05, 4.69) is 9.88 Å². The van der Waals surface area contributed by atoms with Crippen molar-refractivity contribution in [2.24, 2.45) is 0 Å². The Bertz CT molecular complexity index is 697. The fraction of sp³-hybridized carbons (Fsp3) is 0.294. The van der Waals surface area contributed by atoms with Crippen molar-refractivity contribution < 1.29 is 14.3 Å². The summed E-state index contributed by atoms with van der Waals surface area (Å²) < 4.78 is 13.1. The van der Waals surface area contributed by atoms with Crippen molar-refractivity contribution in [3.63, 3.8) is 0 Å². The summed E-state index contributed by atoms with van der Waals surface area (Å²) in [7, 11) is 0. The summed E-state index contributed by atoms with van der Waals surface area (Å²) >= 11 is 0. The fourth-order valence-corrected chi connectivity index (χ4v) is 2.65. The number of carbonyl (C=O) groups is 1. The Morgan fingerprint density at radius 2 is 1.91 bits per heavy atom. The number of ketones is 1. The molecule has 114 valence electrons. The number of pyridine rings is 1. The molecule has 1 fully saturated rings. The average molecular weight is 300 g/mol. The molecule has 0 saturated carbocycles. The first-order valence-electron chi connectivity index (χ1n) is 7.40. The van der Waals surface area contributed by atoms with E-state index in [-0.39, 0.29) is 11.3 Å². The topological polar surface area (TPSA) is 53.4 Å². The van der Waals surface area contributed by atoms with Gasteiger partial charge in [-0.25, -0.2) is 9.37 Å². The van der Waals surface area contributed by atoms with E-state index in [1.165, 1.54) is 12.5 Å². The SMILES string of the molecule is O=C(c1ccc(F)c(O)c1)c1cccc(N2CCCCC2)n1. The number of aromatic hydroxyl groups is 1. The number of anilines is 1. The van der Waals surface area contributed by atoms with Gasteiger partial charge >= 0.3 is 0 Å². The molecule has 0 amide bonds. The fourth-order valence-electron chi connectivity index (χ4n) is 2.65. The first kappa shape index (κ1) is 14.5. The zero-order valence-electron chi connectivity index (χ0n) is 12.1. The van der Waals surface area contributed by atoms with Gasteiger partial charge in [0.15, 0.2) is 11.6 Å². The van der Waals surface area contributed by atoms with Crippen molar-refractivity contribution in [3.05, 3.63) is 53.5 Å². The van der Waals surface area contributed by atoms with Gasteiger partial charge in [-0.05, 0) is 49.6 Å². The molecule has 0 unspecified atom stereocenters. The summed E-state index contributed by atoms with van der Waals surface area (Å²) in [6.07, 6.45) is 3.49. The van der Waals surface area contributed by atoms with E-state index in [0.717, 1.165) is 43.9 Å². The Kier molecular flexibility index (Phi) is 4.04. The molecular weight excluding hydrogens is 283 g/mol. The van der Waals surface area contributed by atoms with Crippen LogP contribution in [-0.4, -0.2) is 29.0 Å². The number of benzene rings is 1. The van der Waals surface area contributed by atoms with Crippen LogP contribution in [-0.2, 0) is 0 Å². The lowest BCUT2D eigenvalue weighted by Gasteiger charge is -2.27. The number of halogens is 1. The third-order valence-electron chi connectivity index (χ3n) is 3.86. The van der Waals surface area contributed by atoms with Crippen molar-refractivity contribution in [1.82, 2.24) is 4.98 Å². The summed E-state index contributed by atoms with van der Waals surface area (Å²) in [6.45, 7) is 1.89. The molecule has 1 aliphatic heterocycles. The molecule has 0 atom stereocenters. The Morgan fingerprint density at radius 1 is 1.14 bits per heavy atom. The van der Waals surface area contributed by atoms with E-state index in [9.17, 15) is 14.3 Å². The van der Waals surface area contributed by atoms with Gasteiger partial charge in [0, 0.05) is 18.7 Å². The molecule has 0 radical (unpaired) electrons. The number of rotatable bonds is 3. The lowest BCUT2D eigenvalue weighted by molar-refractivity contribution is 0.103. The largest absolute Gasteiger partial charge is 0.505 e. The average Bonchev–Trinajstić information content (AvgIpc) is 2.57. The van der Waals surface area contributed by atoms with E-state index < -0.39 is 11.6 Å². The second kappa shape index (κ2) is 6.13. The molecular formula is C17H17FN2O2. The van der Waals surface area contributed by atoms with E-state index in [1.54, 1.807) is 12.1 Å². The summed E-state index contributed by atoms with van der Waals surface area (Å²) in [6, 6.07) is 8.89. The van der Waals surface area contributed by atoms with Crippen LogP contribution in [0.3, 0.4) is 0 Å². The highest BCUT2D eigenvalue weighted by Crippen LogP contribution is 2.21. The molecule has 2 heterocycles. The number of nitrogens with zero attached hydrogens (tertiary/aromatic N) is 2. The number of aromatic nitrogens is 1. The van der Waals surface area contributed by atoms with Gasteiger partial charge in [-0.2, -0.15) is 0 Å². The minimum atomic E-state index is -0.744. The van der Waals surface area contributed by atoms with Crippen LogP contribution in [0.25, 0.3) is 0 Å². The molecule has 1 aromatic heterocycles. The predicted octanol–water partition coefficient (Wildman–Crippen LogP) is 3.15. The molecule has 22 heavy (non-hydrogen) atoms. The number of piperidine rings is 1. The molecule has 3 rings (SSSR count). The zero-order chi connectivity index (χ0) is 15.5. The van der Waals surface area contributed by atoms with Crippen LogP contribution in [0.1, 0.15) is 35.3 Å². The molecule has 2 aromatic rings. The predicted molar refractivity (Wildman–Crippen MR) is 81.8 cm³/mol. The van der Waals surface area contributed by atoms with Crippen molar-refractivity contribution in [2.45, 2.75) is 19.3 Å². The lowest BCUT2D eigenvalue weighted by atomic mass is 10.1. The third kappa shape index (κ3) is 2.93. The van der Waals surface area contributed by atoms with Crippen LogP contribution >= 0.6 is 0 Å². The third-order valence-corrected chi connectivity index (χ3v) is 3.86. The maximum absolute atomic E-state index is 13.1. The number of hydrogen-bond acceptors (Lipinski definition) is 4. The second-order valence-corrected chi connectivity index (χ2v) is 5.42. The molecule has 1 saturated heterocycles. The lowest BCUT2D eigenvalue weighted by Crippen LogP contribution is -2.30. The van der Waals surface area contributed by atoms with Gasteiger partial charge in [0.25, 0.3) is 0 Å². The summed E-state index contributed by atoms with van der Waals surface area (Å²) in [4.78, 5) is 19.0. The molecule has 0 spiro atoms. The number of phenolic OH excluding ortho intramolecular Hbond substituents is 1. The van der Waals surface area contributed by atoms with Crippen molar-refractivity contribution in [1.29, 1.82) is 0 Å². The first-order valence-corrected chi connectivity index (χ1v) is 7.40. The highest BCUT2D eigenvalue weighted by Gasteiger charge is 2.16.